The van der Waals surface area contributed by atoms with E-state index in [1.165, 1.54) is 44.4 Å². The van der Waals surface area contributed by atoms with Crippen molar-refractivity contribution in [2.24, 2.45) is 0 Å². The van der Waals surface area contributed by atoms with Gasteiger partial charge in [0.2, 0.25) is 5.75 Å². The zero-order chi connectivity index (χ0) is 26.5. The summed E-state index contributed by atoms with van der Waals surface area (Å²) in [5.74, 6) is 0.329. The Kier molecular flexibility index (Phi) is 12.3. The van der Waals surface area contributed by atoms with Gasteiger partial charge >= 0.3 is 5.97 Å². The summed E-state index contributed by atoms with van der Waals surface area (Å²) in [5.41, 5.74) is 2.95. The number of carbonyl (C=O) groups excluding carboxylic acids is 1. The van der Waals surface area contributed by atoms with E-state index in [-0.39, 0.29) is 17.1 Å². The SMILES string of the molecule is CCCCCCCCn1c(=O)c(OC(C)=O)c(OC)c2ccc(OC/C=C(\C)CCC=C(C)C)cc21. The first kappa shape index (κ1) is 29.2. The largest absolute Gasteiger partial charge is 0.492 e. The second-order valence-corrected chi connectivity index (χ2v) is 9.54. The van der Waals surface area contributed by atoms with Crippen molar-refractivity contribution in [1.82, 2.24) is 4.57 Å². The Balaban J connectivity index is 2.32. The maximum atomic E-state index is 13.4. The molecule has 0 atom stereocenters. The smallest absolute Gasteiger partial charge is 0.308 e. The van der Waals surface area contributed by atoms with Crippen molar-refractivity contribution < 1.29 is 19.0 Å². The zero-order valence-electron chi connectivity index (χ0n) is 22.9. The van der Waals surface area contributed by atoms with Gasteiger partial charge in [0.25, 0.3) is 5.56 Å². The highest BCUT2D eigenvalue weighted by Crippen LogP contribution is 2.34. The molecular weight excluding hydrogens is 454 g/mol. The normalized spacial score (nSPS) is 11.4. The summed E-state index contributed by atoms with van der Waals surface area (Å²) < 4.78 is 18.5. The quantitative estimate of drug-likeness (QED) is 0.146. The Bertz CT molecular complexity index is 1120. The van der Waals surface area contributed by atoms with Crippen molar-refractivity contribution in [3.63, 3.8) is 0 Å². The fourth-order valence-corrected chi connectivity index (χ4v) is 4.15. The van der Waals surface area contributed by atoms with E-state index in [2.05, 4.69) is 39.8 Å². The van der Waals surface area contributed by atoms with Crippen LogP contribution in [0.15, 0.2) is 46.3 Å². The molecule has 2 aromatic rings. The maximum absolute atomic E-state index is 13.4. The molecule has 6 nitrogen and oxygen atoms in total. The molecule has 6 heteroatoms. The van der Waals surface area contributed by atoms with Gasteiger partial charge in [-0.3, -0.25) is 9.59 Å². The van der Waals surface area contributed by atoms with E-state index in [0.717, 1.165) is 32.1 Å². The molecule has 0 aliphatic heterocycles. The van der Waals surface area contributed by atoms with Crippen LogP contribution in [-0.2, 0) is 11.3 Å². The minimum absolute atomic E-state index is 0.0629. The molecule has 0 spiro atoms. The van der Waals surface area contributed by atoms with Crippen LogP contribution in [0.4, 0.5) is 0 Å². The lowest BCUT2D eigenvalue weighted by Gasteiger charge is -2.17. The summed E-state index contributed by atoms with van der Waals surface area (Å²) in [6.07, 6.45) is 13.0. The Labute approximate surface area is 215 Å². The number of carbonyl (C=O) groups is 1. The lowest BCUT2D eigenvalue weighted by molar-refractivity contribution is -0.132. The summed E-state index contributed by atoms with van der Waals surface area (Å²) in [5, 5.41) is 0.708. The molecule has 0 unspecified atom stereocenters. The molecule has 2 rings (SSSR count). The molecule has 0 radical (unpaired) electrons. The van der Waals surface area contributed by atoms with Crippen LogP contribution in [0.5, 0.6) is 17.2 Å². The first-order valence-corrected chi connectivity index (χ1v) is 13.1. The number of rotatable bonds is 15. The third-order valence-electron chi connectivity index (χ3n) is 6.11. The summed E-state index contributed by atoms with van der Waals surface area (Å²) >= 11 is 0. The standard InChI is InChI=1S/C30H43NO5/c1-7-8-9-10-11-12-19-31-27-21-25(35-20-18-23(4)15-13-14-22(2)3)16-17-26(27)28(34-6)29(30(31)33)36-24(5)32/h14,16-18,21H,7-13,15,19-20H2,1-6H3/b23-18+. The van der Waals surface area contributed by atoms with E-state index in [1.54, 1.807) is 4.57 Å². The van der Waals surface area contributed by atoms with Gasteiger partial charge < -0.3 is 18.8 Å². The van der Waals surface area contributed by atoms with Crippen molar-refractivity contribution in [3.8, 4) is 17.2 Å². The molecule has 0 amide bonds. The van der Waals surface area contributed by atoms with Crippen LogP contribution in [-0.4, -0.2) is 24.3 Å². The second-order valence-electron chi connectivity index (χ2n) is 9.54. The molecule has 1 aromatic heterocycles. The lowest BCUT2D eigenvalue weighted by Crippen LogP contribution is -2.24. The van der Waals surface area contributed by atoms with Gasteiger partial charge in [0.1, 0.15) is 12.4 Å². The molecule has 198 valence electrons. The summed E-state index contributed by atoms with van der Waals surface area (Å²) in [7, 11) is 1.48. The average Bonchev–Trinajstić information content (AvgIpc) is 2.83. The zero-order valence-corrected chi connectivity index (χ0v) is 22.9. The Morgan fingerprint density at radius 3 is 2.36 bits per heavy atom. The van der Waals surface area contributed by atoms with E-state index in [9.17, 15) is 9.59 Å². The number of pyridine rings is 1. The maximum Gasteiger partial charge on any atom is 0.308 e. The molecular formula is C30H43NO5. The molecule has 0 saturated carbocycles. The number of allylic oxidation sites excluding steroid dienone is 3. The molecule has 1 aromatic carbocycles. The molecule has 0 N–H and O–H groups in total. The third kappa shape index (κ3) is 8.89. The predicted octanol–water partition coefficient (Wildman–Crippen LogP) is 7.37. The van der Waals surface area contributed by atoms with Gasteiger partial charge in [-0.15, -0.1) is 0 Å². The van der Waals surface area contributed by atoms with Crippen molar-refractivity contribution in [1.29, 1.82) is 0 Å². The number of ether oxygens (including phenoxy) is 3. The van der Waals surface area contributed by atoms with E-state index in [1.807, 2.05) is 18.2 Å². The van der Waals surface area contributed by atoms with Crippen LogP contribution in [0, 0.1) is 0 Å². The molecule has 1 heterocycles. The van der Waals surface area contributed by atoms with Crippen LogP contribution in [0.1, 0.15) is 86.0 Å². The van der Waals surface area contributed by atoms with Gasteiger partial charge in [-0.05, 0) is 58.2 Å². The van der Waals surface area contributed by atoms with Crippen molar-refractivity contribution in [2.45, 2.75) is 92.5 Å². The van der Waals surface area contributed by atoms with E-state index >= 15 is 0 Å². The number of aryl methyl sites for hydroxylation is 1. The van der Waals surface area contributed by atoms with Gasteiger partial charge in [0.05, 0.1) is 12.6 Å². The highest BCUT2D eigenvalue weighted by atomic mass is 16.6. The number of nitrogens with zero attached hydrogens (tertiary/aromatic N) is 1. The number of unbranched alkanes of at least 4 members (excludes halogenated alkanes) is 5. The van der Waals surface area contributed by atoms with Crippen molar-refractivity contribution in [3.05, 3.63) is 51.9 Å². The minimum atomic E-state index is -0.553. The number of hydrogen-bond acceptors (Lipinski definition) is 5. The Morgan fingerprint density at radius 2 is 1.69 bits per heavy atom. The van der Waals surface area contributed by atoms with Gasteiger partial charge in [0.15, 0.2) is 5.75 Å². The minimum Gasteiger partial charge on any atom is -0.492 e. The van der Waals surface area contributed by atoms with E-state index < -0.39 is 5.97 Å². The highest BCUT2D eigenvalue weighted by molar-refractivity contribution is 5.90. The van der Waals surface area contributed by atoms with Crippen molar-refractivity contribution in [2.75, 3.05) is 13.7 Å². The molecule has 0 aliphatic rings. The second kappa shape index (κ2) is 15.2. The first-order chi connectivity index (χ1) is 17.3. The van der Waals surface area contributed by atoms with Crippen LogP contribution in [0.25, 0.3) is 10.9 Å². The molecule has 0 saturated heterocycles. The Morgan fingerprint density at radius 1 is 0.972 bits per heavy atom. The molecule has 36 heavy (non-hydrogen) atoms. The number of benzene rings is 1. The number of hydrogen-bond donors (Lipinski definition) is 0. The van der Waals surface area contributed by atoms with Crippen LogP contribution >= 0.6 is 0 Å². The van der Waals surface area contributed by atoms with Crippen LogP contribution in [0.3, 0.4) is 0 Å². The number of esters is 1. The first-order valence-electron chi connectivity index (χ1n) is 13.1. The van der Waals surface area contributed by atoms with Crippen molar-refractivity contribution >= 4 is 16.9 Å². The summed E-state index contributed by atoms with van der Waals surface area (Å²) in [4.78, 5) is 25.1. The average molecular weight is 498 g/mol. The monoisotopic (exact) mass is 497 g/mol. The lowest BCUT2D eigenvalue weighted by atomic mass is 10.1. The van der Waals surface area contributed by atoms with E-state index in [4.69, 9.17) is 14.2 Å². The fraction of sp³-hybridized carbons (Fsp3) is 0.533. The highest BCUT2D eigenvalue weighted by Gasteiger charge is 2.21. The summed E-state index contributed by atoms with van der Waals surface area (Å²) in [6, 6.07) is 5.59. The number of aromatic nitrogens is 1. The fourth-order valence-electron chi connectivity index (χ4n) is 4.15. The summed E-state index contributed by atoms with van der Waals surface area (Å²) in [6.45, 7) is 10.8. The van der Waals surface area contributed by atoms with Gasteiger partial charge in [-0.2, -0.15) is 0 Å². The molecule has 0 bridgehead atoms. The third-order valence-corrected chi connectivity index (χ3v) is 6.11. The van der Waals surface area contributed by atoms with E-state index in [0.29, 0.717) is 29.8 Å². The van der Waals surface area contributed by atoms with Gasteiger partial charge in [0, 0.05) is 24.9 Å². The van der Waals surface area contributed by atoms with Gasteiger partial charge in [-0.25, -0.2) is 0 Å². The van der Waals surface area contributed by atoms with Gasteiger partial charge in [-0.1, -0.05) is 56.3 Å². The van der Waals surface area contributed by atoms with Crippen LogP contribution in [0.2, 0.25) is 0 Å². The molecule has 0 aliphatic carbocycles. The number of fused-ring (bicyclic) bond motifs is 1. The topological polar surface area (TPSA) is 66.8 Å². The predicted molar refractivity (Wildman–Crippen MR) is 147 cm³/mol. The number of methoxy groups -OCH3 is 1. The Hall–Kier alpha value is -3.02. The molecule has 0 fully saturated rings. The van der Waals surface area contributed by atoms with Crippen LogP contribution < -0.4 is 19.8 Å².